The first kappa shape index (κ1) is 25.5. The Morgan fingerprint density at radius 2 is 1.71 bits per heavy atom. The molecule has 1 aromatic heterocycles. The molecule has 6 nitrogen and oxygen atoms in total. The molecule has 0 saturated carbocycles. The average Bonchev–Trinajstić information content (AvgIpc) is 3.21. The molecule has 180 valence electrons. The van der Waals surface area contributed by atoms with Crippen molar-refractivity contribution in [3.8, 4) is 5.69 Å². The molecule has 1 heterocycles. The number of carbonyl (C=O) groups is 2. The summed E-state index contributed by atoms with van der Waals surface area (Å²) in [7, 11) is 0. The maximum absolute atomic E-state index is 13.1. The van der Waals surface area contributed by atoms with Gasteiger partial charge in [0.1, 0.15) is 12.4 Å². The molecule has 0 bridgehead atoms. The lowest BCUT2D eigenvalue weighted by atomic mass is 9.92. The highest BCUT2D eigenvalue weighted by atomic mass is 35.5. The van der Waals surface area contributed by atoms with Gasteiger partial charge < -0.3 is 10.2 Å². The van der Waals surface area contributed by atoms with Crippen LogP contribution >= 0.6 is 11.6 Å². The summed E-state index contributed by atoms with van der Waals surface area (Å²) in [6.07, 6.45) is 0.808. The molecule has 0 saturated heterocycles. The van der Waals surface area contributed by atoms with Crippen molar-refractivity contribution < 1.29 is 9.59 Å². The number of rotatable bonds is 8. The summed E-state index contributed by atoms with van der Waals surface area (Å²) in [5.74, 6) is 0.532. The van der Waals surface area contributed by atoms with Gasteiger partial charge in [-0.1, -0.05) is 64.4 Å². The lowest BCUT2D eigenvalue weighted by Gasteiger charge is -2.23. The van der Waals surface area contributed by atoms with Gasteiger partial charge >= 0.3 is 0 Å². The van der Waals surface area contributed by atoms with Crippen LogP contribution in [0, 0.1) is 5.92 Å². The summed E-state index contributed by atoms with van der Waals surface area (Å²) in [5, 5.41) is 8.33. The van der Waals surface area contributed by atoms with Crippen molar-refractivity contribution in [2.24, 2.45) is 5.92 Å². The highest BCUT2D eigenvalue weighted by Gasteiger charge is 2.23. The topological polar surface area (TPSA) is 67.2 Å². The first-order valence-electron chi connectivity index (χ1n) is 11.6. The quantitative estimate of drug-likeness (QED) is 0.433. The predicted molar refractivity (Wildman–Crippen MR) is 138 cm³/mol. The zero-order valence-corrected chi connectivity index (χ0v) is 21.3. The van der Waals surface area contributed by atoms with Crippen molar-refractivity contribution >= 4 is 29.2 Å². The molecular weight excluding hydrogens is 448 g/mol. The number of nitrogens with one attached hydrogen (secondary N) is 1. The number of anilines is 1. The van der Waals surface area contributed by atoms with Crippen molar-refractivity contribution in [2.45, 2.75) is 46.5 Å². The molecule has 2 amide bonds. The minimum atomic E-state index is -0.274. The van der Waals surface area contributed by atoms with Gasteiger partial charge in [-0.15, -0.1) is 0 Å². The second kappa shape index (κ2) is 10.9. The Kier molecular flexibility index (Phi) is 8.15. The van der Waals surface area contributed by atoms with Crippen LogP contribution in [0.1, 0.15) is 57.1 Å². The van der Waals surface area contributed by atoms with E-state index in [2.05, 4.69) is 39.9 Å². The Hall–Kier alpha value is -3.12. The molecule has 0 spiro atoms. The number of hydrogen-bond donors (Lipinski definition) is 1. The summed E-state index contributed by atoms with van der Waals surface area (Å²) in [6, 6.07) is 18.2. The minimum absolute atomic E-state index is 0.0445. The van der Waals surface area contributed by atoms with Crippen LogP contribution in [0.15, 0.2) is 60.7 Å². The Morgan fingerprint density at radius 1 is 1.06 bits per heavy atom. The highest BCUT2D eigenvalue weighted by molar-refractivity contribution is 6.30. The summed E-state index contributed by atoms with van der Waals surface area (Å²) in [4.78, 5) is 27.9. The molecule has 1 N–H and O–H groups in total. The number of carbonyl (C=O) groups excluding carboxylic acids is 2. The van der Waals surface area contributed by atoms with E-state index in [0.717, 1.165) is 17.8 Å². The van der Waals surface area contributed by atoms with Crippen molar-refractivity contribution in [2.75, 3.05) is 18.4 Å². The Labute approximate surface area is 206 Å². The number of hydrogen-bond acceptors (Lipinski definition) is 3. The minimum Gasteiger partial charge on any atom is -0.329 e. The van der Waals surface area contributed by atoms with E-state index in [4.69, 9.17) is 16.7 Å². The molecule has 3 rings (SSSR count). The van der Waals surface area contributed by atoms with E-state index in [-0.39, 0.29) is 23.8 Å². The molecule has 0 unspecified atom stereocenters. The Bertz CT molecular complexity index is 1120. The standard InChI is InChI=1S/C27H33ClN4O2/c1-19(2)15-16-31(26(34)20-9-7-6-8-10-20)18-25(33)29-24-17-23(27(3,4)5)30-32(24)22-13-11-21(28)12-14-22/h6-14,17,19H,15-16,18H2,1-5H3,(H,29,33). The molecule has 3 aromatic rings. The first-order chi connectivity index (χ1) is 16.0. The first-order valence-corrected chi connectivity index (χ1v) is 11.9. The predicted octanol–water partition coefficient (Wildman–Crippen LogP) is 5.95. The third-order valence-electron chi connectivity index (χ3n) is 5.44. The van der Waals surface area contributed by atoms with Crippen LogP contribution < -0.4 is 5.32 Å². The van der Waals surface area contributed by atoms with E-state index in [1.165, 1.54) is 0 Å². The molecule has 0 aliphatic carbocycles. The molecule has 2 aromatic carbocycles. The number of benzene rings is 2. The maximum atomic E-state index is 13.1. The number of halogens is 1. The van der Waals surface area contributed by atoms with Crippen LogP contribution in [-0.2, 0) is 10.2 Å². The fourth-order valence-electron chi connectivity index (χ4n) is 3.40. The van der Waals surface area contributed by atoms with Crippen LogP contribution in [0.5, 0.6) is 0 Å². The largest absolute Gasteiger partial charge is 0.329 e. The number of aromatic nitrogens is 2. The van der Waals surface area contributed by atoms with Crippen molar-refractivity contribution in [3.63, 3.8) is 0 Å². The molecule has 0 aliphatic rings. The average molecular weight is 481 g/mol. The van der Waals surface area contributed by atoms with Gasteiger partial charge in [-0.05, 0) is 48.7 Å². The fourth-order valence-corrected chi connectivity index (χ4v) is 3.53. The van der Waals surface area contributed by atoms with Gasteiger partial charge in [0.25, 0.3) is 5.91 Å². The number of nitrogens with zero attached hydrogens (tertiary/aromatic N) is 3. The van der Waals surface area contributed by atoms with E-state index in [1.807, 2.05) is 36.4 Å². The molecule has 0 radical (unpaired) electrons. The fraction of sp³-hybridized carbons (Fsp3) is 0.370. The summed E-state index contributed by atoms with van der Waals surface area (Å²) < 4.78 is 1.70. The van der Waals surface area contributed by atoms with Gasteiger partial charge in [0.2, 0.25) is 5.91 Å². The summed E-state index contributed by atoms with van der Waals surface area (Å²) in [5.41, 5.74) is 1.99. The smallest absolute Gasteiger partial charge is 0.254 e. The van der Waals surface area contributed by atoms with E-state index < -0.39 is 0 Å². The Morgan fingerprint density at radius 3 is 2.29 bits per heavy atom. The highest BCUT2D eigenvalue weighted by Crippen LogP contribution is 2.27. The van der Waals surface area contributed by atoms with Crippen LogP contribution in [0.25, 0.3) is 5.69 Å². The normalized spacial score (nSPS) is 11.5. The second-order valence-electron chi connectivity index (χ2n) is 9.88. The maximum Gasteiger partial charge on any atom is 0.254 e. The van der Waals surface area contributed by atoms with Crippen LogP contribution in [0.2, 0.25) is 5.02 Å². The monoisotopic (exact) mass is 480 g/mol. The zero-order valence-electron chi connectivity index (χ0n) is 20.5. The SMILES string of the molecule is CC(C)CCN(CC(=O)Nc1cc(C(C)(C)C)nn1-c1ccc(Cl)cc1)C(=O)c1ccccc1. The van der Waals surface area contributed by atoms with Gasteiger partial charge in [0.05, 0.1) is 11.4 Å². The molecule has 34 heavy (non-hydrogen) atoms. The van der Waals surface area contributed by atoms with E-state index in [1.54, 1.807) is 33.8 Å². The van der Waals surface area contributed by atoms with Gasteiger partial charge in [-0.2, -0.15) is 5.10 Å². The molecular formula is C27H33ClN4O2. The van der Waals surface area contributed by atoms with Crippen molar-refractivity contribution in [1.29, 1.82) is 0 Å². The van der Waals surface area contributed by atoms with Crippen molar-refractivity contribution in [3.05, 3.63) is 76.9 Å². The molecule has 0 fully saturated rings. The second-order valence-corrected chi connectivity index (χ2v) is 10.3. The van der Waals surface area contributed by atoms with E-state index in [9.17, 15) is 9.59 Å². The lowest BCUT2D eigenvalue weighted by molar-refractivity contribution is -0.117. The third kappa shape index (κ3) is 6.70. The Balaban J connectivity index is 1.85. The molecule has 0 aliphatic heterocycles. The summed E-state index contributed by atoms with van der Waals surface area (Å²) in [6.45, 7) is 10.9. The lowest BCUT2D eigenvalue weighted by Crippen LogP contribution is -2.39. The van der Waals surface area contributed by atoms with E-state index >= 15 is 0 Å². The van der Waals surface area contributed by atoms with Crippen molar-refractivity contribution in [1.82, 2.24) is 14.7 Å². The molecule has 0 atom stereocenters. The third-order valence-corrected chi connectivity index (χ3v) is 5.69. The van der Waals surface area contributed by atoms with Gasteiger partial charge in [0.15, 0.2) is 0 Å². The molecule has 7 heteroatoms. The van der Waals surface area contributed by atoms with Crippen LogP contribution in [0.3, 0.4) is 0 Å². The van der Waals surface area contributed by atoms with Gasteiger partial charge in [-0.3, -0.25) is 9.59 Å². The zero-order chi connectivity index (χ0) is 24.9. The van der Waals surface area contributed by atoms with Gasteiger partial charge in [0, 0.05) is 28.6 Å². The number of amides is 2. The summed E-state index contributed by atoms with van der Waals surface area (Å²) >= 11 is 6.05. The van der Waals surface area contributed by atoms with Crippen LogP contribution in [-0.4, -0.2) is 39.6 Å². The van der Waals surface area contributed by atoms with E-state index in [0.29, 0.717) is 28.9 Å². The van der Waals surface area contributed by atoms with Crippen LogP contribution in [0.4, 0.5) is 5.82 Å². The van der Waals surface area contributed by atoms with Gasteiger partial charge in [-0.25, -0.2) is 4.68 Å².